The van der Waals surface area contributed by atoms with Gasteiger partial charge in [-0.15, -0.1) is 0 Å². The molecule has 1 N–H and O–H groups in total. The quantitative estimate of drug-likeness (QED) is 0.855. The highest BCUT2D eigenvalue weighted by molar-refractivity contribution is 5.45. The second-order valence-electron chi connectivity index (χ2n) is 4.82. The first kappa shape index (κ1) is 11.3. The fourth-order valence-corrected chi connectivity index (χ4v) is 2.18. The predicted octanol–water partition coefficient (Wildman–Crippen LogP) is 1.17. The van der Waals surface area contributed by atoms with E-state index in [4.69, 9.17) is 4.52 Å². The van der Waals surface area contributed by atoms with Crippen LogP contribution in [-0.4, -0.2) is 33.2 Å². The van der Waals surface area contributed by atoms with E-state index < -0.39 is 0 Å². The van der Waals surface area contributed by atoms with Gasteiger partial charge < -0.3 is 9.84 Å². The Labute approximate surface area is 105 Å². The molecule has 1 fully saturated rings. The van der Waals surface area contributed by atoms with Crippen LogP contribution in [0.5, 0.6) is 0 Å². The van der Waals surface area contributed by atoms with Crippen LogP contribution in [-0.2, 0) is 5.41 Å². The Bertz CT molecular complexity index is 518. The SMILES string of the molecule is CC1(c2nc(-c3cnccn3)no2)CCNCC1. The van der Waals surface area contributed by atoms with Crippen LogP contribution in [0.25, 0.3) is 11.5 Å². The van der Waals surface area contributed by atoms with Crippen molar-refractivity contribution in [3.05, 3.63) is 24.5 Å². The van der Waals surface area contributed by atoms with Gasteiger partial charge in [0.2, 0.25) is 11.7 Å². The fourth-order valence-electron chi connectivity index (χ4n) is 2.18. The van der Waals surface area contributed by atoms with Gasteiger partial charge in [0.25, 0.3) is 0 Å². The van der Waals surface area contributed by atoms with Crippen molar-refractivity contribution >= 4 is 0 Å². The minimum absolute atomic E-state index is 0.0291. The molecule has 3 heterocycles. The van der Waals surface area contributed by atoms with Gasteiger partial charge in [0, 0.05) is 17.8 Å². The number of hydrogen-bond acceptors (Lipinski definition) is 6. The van der Waals surface area contributed by atoms with Crippen LogP contribution in [0.4, 0.5) is 0 Å². The number of hydrogen-bond donors (Lipinski definition) is 1. The van der Waals surface area contributed by atoms with E-state index in [0.29, 0.717) is 17.4 Å². The van der Waals surface area contributed by atoms with Crippen LogP contribution in [0.2, 0.25) is 0 Å². The van der Waals surface area contributed by atoms with Gasteiger partial charge >= 0.3 is 0 Å². The van der Waals surface area contributed by atoms with E-state index in [1.165, 1.54) is 0 Å². The summed E-state index contributed by atoms with van der Waals surface area (Å²) in [6.45, 7) is 4.14. The maximum absolute atomic E-state index is 5.40. The molecule has 0 radical (unpaired) electrons. The molecule has 0 bridgehead atoms. The third kappa shape index (κ3) is 1.99. The molecular weight excluding hydrogens is 230 g/mol. The Morgan fingerprint density at radius 2 is 2.11 bits per heavy atom. The third-order valence-electron chi connectivity index (χ3n) is 3.44. The van der Waals surface area contributed by atoms with Crippen LogP contribution in [0.1, 0.15) is 25.7 Å². The zero-order chi connectivity index (χ0) is 12.4. The largest absolute Gasteiger partial charge is 0.338 e. The summed E-state index contributed by atoms with van der Waals surface area (Å²) in [5.41, 5.74) is 0.614. The number of nitrogens with one attached hydrogen (secondary N) is 1. The Morgan fingerprint density at radius 3 is 2.83 bits per heavy atom. The van der Waals surface area contributed by atoms with Crippen molar-refractivity contribution in [2.45, 2.75) is 25.2 Å². The van der Waals surface area contributed by atoms with Crippen LogP contribution in [0.3, 0.4) is 0 Å². The van der Waals surface area contributed by atoms with E-state index in [2.05, 4.69) is 32.3 Å². The molecule has 2 aromatic rings. The van der Waals surface area contributed by atoms with Crippen molar-refractivity contribution in [3.63, 3.8) is 0 Å². The van der Waals surface area contributed by atoms with Crippen molar-refractivity contribution in [1.82, 2.24) is 25.4 Å². The van der Waals surface area contributed by atoms with Crippen molar-refractivity contribution in [2.75, 3.05) is 13.1 Å². The van der Waals surface area contributed by atoms with Gasteiger partial charge in [0.1, 0.15) is 5.69 Å². The molecule has 0 spiro atoms. The summed E-state index contributed by atoms with van der Waals surface area (Å²) in [6, 6.07) is 0. The summed E-state index contributed by atoms with van der Waals surface area (Å²) in [7, 11) is 0. The first-order valence-electron chi connectivity index (χ1n) is 6.09. The van der Waals surface area contributed by atoms with Crippen LogP contribution in [0.15, 0.2) is 23.1 Å². The summed E-state index contributed by atoms with van der Waals surface area (Å²) in [6.07, 6.45) is 6.90. The van der Waals surface area contributed by atoms with Gasteiger partial charge in [-0.05, 0) is 25.9 Å². The Kier molecular flexibility index (Phi) is 2.79. The van der Waals surface area contributed by atoms with E-state index in [1.54, 1.807) is 18.6 Å². The fraction of sp³-hybridized carbons (Fsp3) is 0.500. The lowest BCUT2D eigenvalue weighted by atomic mass is 9.81. The molecule has 0 aromatic carbocycles. The van der Waals surface area contributed by atoms with E-state index in [9.17, 15) is 0 Å². The van der Waals surface area contributed by atoms with Crippen molar-refractivity contribution in [3.8, 4) is 11.5 Å². The third-order valence-corrected chi connectivity index (χ3v) is 3.44. The second kappa shape index (κ2) is 4.45. The molecule has 2 aromatic heterocycles. The Balaban J connectivity index is 1.89. The molecule has 0 aliphatic carbocycles. The van der Waals surface area contributed by atoms with Crippen molar-refractivity contribution in [2.24, 2.45) is 0 Å². The number of aromatic nitrogens is 4. The van der Waals surface area contributed by atoms with Gasteiger partial charge in [0.05, 0.1) is 6.20 Å². The molecule has 18 heavy (non-hydrogen) atoms. The molecule has 94 valence electrons. The molecule has 0 atom stereocenters. The Morgan fingerprint density at radius 1 is 1.28 bits per heavy atom. The van der Waals surface area contributed by atoms with Crippen molar-refractivity contribution < 1.29 is 4.52 Å². The molecule has 6 nitrogen and oxygen atoms in total. The molecule has 1 aliphatic rings. The number of rotatable bonds is 2. The van der Waals surface area contributed by atoms with Gasteiger partial charge in [-0.25, -0.2) is 4.98 Å². The van der Waals surface area contributed by atoms with E-state index in [-0.39, 0.29) is 5.41 Å². The van der Waals surface area contributed by atoms with Gasteiger partial charge in [-0.3, -0.25) is 4.98 Å². The van der Waals surface area contributed by atoms with Crippen molar-refractivity contribution in [1.29, 1.82) is 0 Å². The van der Waals surface area contributed by atoms with Gasteiger partial charge in [-0.1, -0.05) is 12.1 Å². The minimum Gasteiger partial charge on any atom is -0.338 e. The molecule has 1 aliphatic heterocycles. The normalized spacial score (nSPS) is 18.7. The predicted molar refractivity (Wildman–Crippen MR) is 64.8 cm³/mol. The Hall–Kier alpha value is -1.82. The summed E-state index contributed by atoms with van der Waals surface area (Å²) >= 11 is 0. The van der Waals surface area contributed by atoms with Crippen LogP contribution in [0, 0.1) is 0 Å². The van der Waals surface area contributed by atoms with Crippen LogP contribution < -0.4 is 5.32 Å². The highest BCUT2D eigenvalue weighted by atomic mass is 16.5. The summed E-state index contributed by atoms with van der Waals surface area (Å²) in [5.74, 6) is 1.21. The van der Waals surface area contributed by atoms with Gasteiger partial charge in [0.15, 0.2) is 0 Å². The molecule has 1 saturated heterocycles. The molecule has 3 rings (SSSR count). The first-order chi connectivity index (χ1) is 8.78. The smallest absolute Gasteiger partial charge is 0.233 e. The molecular formula is C12H15N5O. The van der Waals surface area contributed by atoms with E-state index in [1.807, 2.05) is 0 Å². The highest BCUT2D eigenvalue weighted by Gasteiger charge is 2.34. The maximum atomic E-state index is 5.40. The summed E-state index contributed by atoms with van der Waals surface area (Å²) in [4.78, 5) is 12.6. The average Bonchev–Trinajstić information content (AvgIpc) is 2.91. The summed E-state index contributed by atoms with van der Waals surface area (Å²) in [5, 5.41) is 7.33. The maximum Gasteiger partial charge on any atom is 0.233 e. The lowest BCUT2D eigenvalue weighted by Crippen LogP contribution is -2.37. The highest BCUT2D eigenvalue weighted by Crippen LogP contribution is 2.32. The molecule has 6 heteroatoms. The number of nitrogens with zero attached hydrogens (tertiary/aromatic N) is 4. The first-order valence-corrected chi connectivity index (χ1v) is 6.09. The average molecular weight is 245 g/mol. The monoisotopic (exact) mass is 245 g/mol. The minimum atomic E-state index is -0.0291. The van der Waals surface area contributed by atoms with E-state index >= 15 is 0 Å². The number of piperidine rings is 1. The lowest BCUT2D eigenvalue weighted by molar-refractivity contribution is 0.241. The zero-order valence-electron chi connectivity index (χ0n) is 10.3. The molecule has 0 saturated carbocycles. The molecule has 0 amide bonds. The topological polar surface area (TPSA) is 76.7 Å². The lowest BCUT2D eigenvalue weighted by Gasteiger charge is -2.30. The zero-order valence-corrected chi connectivity index (χ0v) is 10.3. The van der Waals surface area contributed by atoms with E-state index in [0.717, 1.165) is 25.9 Å². The molecule has 0 unspecified atom stereocenters. The standard InChI is InChI=1S/C12H15N5O/c1-12(2-4-13-5-3-12)11-16-10(17-18-11)9-8-14-6-7-15-9/h6-8,13H,2-5H2,1H3. The van der Waals surface area contributed by atoms with Gasteiger partial charge in [-0.2, -0.15) is 4.98 Å². The summed E-state index contributed by atoms with van der Waals surface area (Å²) < 4.78 is 5.40. The van der Waals surface area contributed by atoms with Crippen LogP contribution >= 0.6 is 0 Å². The second-order valence-corrected chi connectivity index (χ2v) is 4.82.